The fourth-order valence-electron chi connectivity index (χ4n) is 6.97. The molecule has 9 aromatic rings. The third-order valence-corrected chi connectivity index (χ3v) is 9.94. The van der Waals surface area contributed by atoms with Crippen LogP contribution in [-0.4, -0.2) is 31.5 Å². The van der Waals surface area contributed by atoms with Crippen LogP contribution in [0.3, 0.4) is 0 Å². The van der Waals surface area contributed by atoms with Crippen LogP contribution < -0.4 is 0 Å². The summed E-state index contributed by atoms with van der Waals surface area (Å²) in [7, 11) is 0. The second kappa shape index (κ2) is 14.9. The van der Waals surface area contributed by atoms with Crippen LogP contribution in [0.15, 0.2) is 174 Å². The topological polar surface area (TPSA) is 76.3 Å². The van der Waals surface area contributed by atoms with Gasteiger partial charge in [-0.05, 0) is 73.0 Å². The average molecular weight is 727 g/mol. The molecule has 0 unspecified atom stereocenters. The molecule has 0 spiro atoms. The van der Waals surface area contributed by atoms with Crippen LogP contribution in [0.2, 0.25) is 0 Å². The molecule has 0 aliphatic carbocycles. The first kappa shape index (κ1) is 34.5. The number of allylic oxidation sites excluding steroid dienone is 1. The van der Waals surface area contributed by atoms with Crippen molar-refractivity contribution in [2.75, 3.05) is 0 Å². The summed E-state index contributed by atoms with van der Waals surface area (Å²) in [5, 5.41) is 4.22. The third-order valence-electron chi connectivity index (χ3n) is 9.94. The molecule has 268 valence electrons. The van der Waals surface area contributed by atoms with Gasteiger partial charge in [0, 0.05) is 56.3 Å². The van der Waals surface area contributed by atoms with Crippen LogP contribution in [-0.2, 0) is 0 Å². The Bertz CT molecular complexity index is 3000. The van der Waals surface area contributed by atoms with E-state index in [0.29, 0.717) is 11.4 Å². The minimum absolute atomic E-state index is 0.318. The average Bonchev–Trinajstić information content (AvgIpc) is 3.26. The molecule has 0 N–H and O–H groups in total. The molecule has 0 saturated heterocycles. The van der Waals surface area contributed by atoms with E-state index in [2.05, 4.69) is 108 Å². The van der Waals surface area contributed by atoms with E-state index in [1.807, 2.05) is 43.3 Å². The largest absolute Gasteiger partial charge is 0.254 e. The van der Waals surface area contributed by atoms with E-state index >= 15 is 0 Å². The fourth-order valence-corrected chi connectivity index (χ4v) is 6.97. The molecule has 0 aliphatic heterocycles. The van der Waals surface area contributed by atoms with Crippen LogP contribution in [0.1, 0.15) is 37.0 Å². The monoisotopic (exact) mass is 726 g/mol. The highest BCUT2D eigenvalue weighted by molar-refractivity contribution is 6.13. The summed E-state index contributed by atoms with van der Waals surface area (Å²) in [6, 6.07) is 47.3. The summed E-state index contributed by atoms with van der Waals surface area (Å²) in [4.78, 5) is 29.4. The number of pyridine rings is 4. The first-order valence-electron chi connectivity index (χ1n) is 18.6. The third kappa shape index (κ3) is 6.82. The lowest BCUT2D eigenvalue weighted by Gasteiger charge is -2.10. The highest BCUT2D eigenvalue weighted by Crippen LogP contribution is 2.29. The van der Waals surface area contributed by atoms with Gasteiger partial charge in [-0.1, -0.05) is 110 Å². The first-order chi connectivity index (χ1) is 27.5. The van der Waals surface area contributed by atoms with E-state index in [1.54, 1.807) is 24.5 Å². The number of aliphatic imine (C=N–C) groups is 2. The zero-order valence-electron chi connectivity index (χ0n) is 30.9. The molecule has 56 heavy (non-hydrogen) atoms. The van der Waals surface area contributed by atoms with Gasteiger partial charge in [-0.3, -0.25) is 9.97 Å². The summed E-state index contributed by atoms with van der Waals surface area (Å²) in [5.41, 5.74) is 11.4. The van der Waals surface area contributed by atoms with Gasteiger partial charge in [-0.25, -0.2) is 24.3 Å². The Morgan fingerprint density at radius 1 is 0.518 bits per heavy atom. The molecule has 5 aromatic carbocycles. The Morgan fingerprint density at radius 3 is 1.50 bits per heavy atom. The van der Waals surface area contributed by atoms with Crippen molar-refractivity contribution in [2.24, 2.45) is 9.98 Å². The van der Waals surface area contributed by atoms with Gasteiger partial charge in [0.15, 0.2) is 5.84 Å². The van der Waals surface area contributed by atoms with Crippen molar-refractivity contribution in [3.63, 3.8) is 0 Å². The van der Waals surface area contributed by atoms with Crippen LogP contribution in [0.5, 0.6) is 0 Å². The van der Waals surface area contributed by atoms with Gasteiger partial charge >= 0.3 is 0 Å². The van der Waals surface area contributed by atoms with Gasteiger partial charge in [0.1, 0.15) is 5.82 Å². The molecule has 0 amide bonds. The zero-order chi connectivity index (χ0) is 38.0. The maximum atomic E-state index is 14.1. The SMILES string of the molecule is CC/C=C(/N=C(N=C(C)c1ccc(-c2ccc3ccc4cccnc4c3n2)cc1)c1ccc(F)cc1)c1ccc(-c2ccc3ccc4cccnc4c3n2)cc1. The molecule has 6 nitrogen and oxygen atoms in total. The molecular formula is C49H35FN6. The van der Waals surface area contributed by atoms with Gasteiger partial charge in [0.25, 0.3) is 0 Å². The molecule has 0 radical (unpaired) electrons. The molecule has 0 atom stereocenters. The van der Waals surface area contributed by atoms with Crippen LogP contribution in [0.4, 0.5) is 4.39 Å². The Hall–Kier alpha value is -7.25. The second-order valence-corrected chi connectivity index (χ2v) is 13.6. The maximum Gasteiger partial charge on any atom is 0.160 e. The van der Waals surface area contributed by atoms with E-state index < -0.39 is 0 Å². The van der Waals surface area contributed by atoms with Gasteiger partial charge in [-0.15, -0.1) is 0 Å². The first-order valence-corrected chi connectivity index (χ1v) is 18.6. The second-order valence-electron chi connectivity index (χ2n) is 13.6. The van der Waals surface area contributed by atoms with Crippen molar-refractivity contribution in [1.29, 1.82) is 0 Å². The molecule has 0 bridgehead atoms. The molecule has 0 fully saturated rings. The lowest BCUT2D eigenvalue weighted by Crippen LogP contribution is -2.05. The number of hydrogen-bond acceptors (Lipinski definition) is 5. The van der Waals surface area contributed by atoms with Crippen LogP contribution in [0.25, 0.3) is 71.8 Å². The number of nitrogens with zero attached hydrogens (tertiary/aromatic N) is 6. The normalized spacial score (nSPS) is 12.6. The Labute approximate surface area is 323 Å². The fraction of sp³-hybridized carbons (Fsp3) is 0.0612. The Balaban J connectivity index is 1.04. The standard InChI is InChI=1S/C49H35FN6/c1-3-6-42(33-13-15-35(16-14-33)44-28-24-39-20-18-37-8-5-30-52-46(37)48(39)55-44)56-49(40-21-25-41(50)26-22-40)53-31(2)32-9-11-34(12-10-32)43-27-23-38-19-17-36-7-4-29-51-45(36)47(38)54-43/h4-30H,3H2,1-2H3/b42-6+,53-31?,56-49?. The molecule has 0 aliphatic rings. The number of fused-ring (bicyclic) bond motifs is 6. The number of hydrogen-bond donors (Lipinski definition) is 0. The highest BCUT2D eigenvalue weighted by Gasteiger charge is 2.12. The van der Waals surface area contributed by atoms with Gasteiger partial charge in [0.05, 0.1) is 39.2 Å². The lowest BCUT2D eigenvalue weighted by atomic mass is 10.0. The molecular weight excluding hydrogens is 692 g/mol. The predicted molar refractivity (Wildman–Crippen MR) is 228 cm³/mol. The molecule has 4 heterocycles. The molecule has 4 aromatic heterocycles. The minimum Gasteiger partial charge on any atom is -0.254 e. The lowest BCUT2D eigenvalue weighted by molar-refractivity contribution is 0.628. The smallest absolute Gasteiger partial charge is 0.160 e. The van der Waals surface area contributed by atoms with E-state index in [0.717, 1.165) is 95.1 Å². The zero-order valence-corrected chi connectivity index (χ0v) is 30.9. The van der Waals surface area contributed by atoms with E-state index in [4.69, 9.17) is 20.0 Å². The van der Waals surface area contributed by atoms with Crippen molar-refractivity contribution < 1.29 is 4.39 Å². The number of halogens is 1. The number of aromatic nitrogens is 4. The van der Waals surface area contributed by atoms with E-state index in [-0.39, 0.29) is 5.82 Å². The Morgan fingerprint density at radius 2 is 0.982 bits per heavy atom. The quantitative estimate of drug-likeness (QED) is 0.0931. The van der Waals surface area contributed by atoms with Crippen molar-refractivity contribution >= 4 is 60.9 Å². The summed E-state index contributed by atoms with van der Waals surface area (Å²) < 4.78 is 14.1. The maximum absolute atomic E-state index is 14.1. The van der Waals surface area contributed by atoms with E-state index in [9.17, 15) is 4.39 Å². The number of benzene rings is 5. The van der Waals surface area contributed by atoms with Crippen LogP contribution >= 0.6 is 0 Å². The summed E-state index contributed by atoms with van der Waals surface area (Å²) >= 11 is 0. The number of rotatable bonds is 7. The van der Waals surface area contributed by atoms with Crippen molar-refractivity contribution in [1.82, 2.24) is 19.9 Å². The summed E-state index contributed by atoms with van der Waals surface area (Å²) in [6.45, 7) is 4.05. The van der Waals surface area contributed by atoms with Crippen molar-refractivity contribution in [3.8, 4) is 22.5 Å². The summed E-state index contributed by atoms with van der Waals surface area (Å²) in [5.74, 6) is 0.169. The molecule has 0 saturated carbocycles. The van der Waals surface area contributed by atoms with Gasteiger partial charge < -0.3 is 0 Å². The minimum atomic E-state index is -0.318. The Kier molecular flexibility index (Phi) is 9.17. The van der Waals surface area contributed by atoms with Crippen molar-refractivity contribution in [2.45, 2.75) is 20.3 Å². The van der Waals surface area contributed by atoms with Crippen LogP contribution in [0, 0.1) is 5.82 Å². The predicted octanol–water partition coefficient (Wildman–Crippen LogP) is 12.1. The van der Waals surface area contributed by atoms with Gasteiger partial charge in [-0.2, -0.15) is 0 Å². The molecule has 7 heteroatoms. The highest BCUT2D eigenvalue weighted by atomic mass is 19.1. The molecule has 9 rings (SSSR count). The van der Waals surface area contributed by atoms with E-state index in [1.165, 1.54) is 12.1 Å². The summed E-state index contributed by atoms with van der Waals surface area (Å²) in [6.07, 6.45) is 6.46. The van der Waals surface area contributed by atoms with Crippen molar-refractivity contribution in [3.05, 3.63) is 187 Å². The van der Waals surface area contributed by atoms with Gasteiger partial charge in [0.2, 0.25) is 0 Å². The number of amidine groups is 1.